The Hall–Kier alpha value is -3.50. The number of fused-ring (bicyclic) bond motifs is 3. The van der Waals surface area contributed by atoms with Crippen molar-refractivity contribution in [2.24, 2.45) is 5.11 Å². The quantitative estimate of drug-likeness (QED) is 0.314. The minimum Gasteiger partial charge on any atom is -0.288 e. The monoisotopic (exact) mass is 299 g/mol. The minimum atomic E-state index is -0.190. The van der Waals surface area contributed by atoms with Gasteiger partial charge in [-0.15, -0.1) is 10.2 Å². The SMILES string of the molecule is [N-]=[N+]=Nc1nnc(-c2ccccc2)c2c1C(=O)c1ccccc1-2. The summed E-state index contributed by atoms with van der Waals surface area (Å²) in [5.41, 5.74) is 12.5. The first-order valence-corrected chi connectivity index (χ1v) is 6.96. The predicted molar refractivity (Wildman–Crippen MR) is 85.1 cm³/mol. The molecule has 3 aromatic rings. The number of azide groups is 1. The van der Waals surface area contributed by atoms with Crippen LogP contribution >= 0.6 is 0 Å². The van der Waals surface area contributed by atoms with Gasteiger partial charge in [0.2, 0.25) is 0 Å². The second kappa shape index (κ2) is 5.05. The molecule has 1 aromatic heterocycles. The van der Waals surface area contributed by atoms with Crippen LogP contribution in [-0.2, 0) is 0 Å². The Labute approximate surface area is 131 Å². The van der Waals surface area contributed by atoms with Crippen LogP contribution in [-0.4, -0.2) is 16.0 Å². The Morgan fingerprint density at radius 2 is 1.57 bits per heavy atom. The van der Waals surface area contributed by atoms with Crippen LogP contribution in [0.1, 0.15) is 15.9 Å². The molecule has 0 unspecified atom stereocenters. The molecule has 1 aliphatic carbocycles. The number of carbonyl (C=O) groups excluding carboxylic acids is 1. The second-order valence-electron chi connectivity index (χ2n) is 5.05. The normalized spacial score (nSPS) is 11.6. The third kappa shape index (κ3) is 1.90. The molecule has 1 heterocycles. The summed E-state index contributed by atoms with van der Waals surface area (Å²) in [6.45, 7) is 0. The van der Waals surface area contributed by atoms with Crippen molar-refractivity contribution in [3.63, 3.8) is 0 Å². The Bertz CT molecular complexity index is 991. The zero-order chi connectivity index (χ0) is 15.8. The van der Waals surface area contributed by atoms with Crippen molar-refractivity contribution in [2.75, 3.05) is 0 Å². The Balaban J connectivity index is 2.11. The number of aromatic nitrogens is 2. The number of rotatable bonds is 2. The molecule has 4 rings (SSSR count). The Kier molecular flexibility index (Phi) is 2.89. The summed E-state index contributed by atoms with van der Waals surface area (Å²) < 4.78 is 0. The van der Waals surface area contributed by atoms with E-state index < -0.39 is 0 Å². The van der Waals surface area contributed by atoms with Crippen molar-refractivity contribution < 1.29 is 4.79 Å². The highest BCUT2D eigenvalue weighted by molar-refractivity contribution is 6.25. The second-order valence-corrected chi connectivity index (χ2v) is 5.05. The van der Waals surface area contributed by atoms with Crippen molar-refractivity contribution in [1.29, 1.82) is 0 Å². The summed E-state index contributed by atoms with van der Waals surface area (Å²) in [5, 5.41) is 11.7. The largest absolute Gasteiger partial charge is 0.288 e. The van der Waals surface area contributed by atoms with Gasteiger partial charge in [-0.2, -0.15) is 0 Å². The highest BCUT2D eigenvalue weighted by atomic mass is 16.1. The number of ketones is 1. The van der Waals surface area contributed by atoms with E-state index >= 15 is 0 Å². The fraction of sp³-hybridized carbons (Fsp3) is 0. The molecule has 0 saturated heterocycles. The number of hydrogen-bond donors (Lipinski definition) is 0. The zero-order valence-corrected chi connectivity index (χ0v) is 11.8. The Morgan fingerprint density at radius 3 is 2.30 bits per heavy atom. The van der Waals surface area contributed by atoms with Gasteiger partial charge in [0, 0.05) is 21.6 Å². The first-order chi connectivity index (χ1) is 11.3. The van der Waals surface area contributed by atoms with Gasteiger partial charge in [-0.1, -0.05) is 54.6 Å². The molecule has 108 valence electrons. The molecule has 0 radical (unpaired) electrons. The lowest BCUT2D eigenvalue weighted by atomic mass is 10.00. The van der Waals surface area contributed by atoms with Crippen LogP contribution in [0.2, 0.25) is 0 Å². The van der Waals surface area contributed by atoms with E-state index in [0.29, 0.717) is 22.4 Å². The molecule has 2 aromatic carbocycles. The van der Waals surface area contributed by atoms with Crippen molar-refractivity contribution in [3.05, 3.63) is 76.2 Å². The maximum Gasteiger partial charge on any atom is 0.196 e. The average Bonchev–Trinajstić information content (AvgIpc) is 2.91. The van der Waals surface area contributed by atoms with E-state index in [1.165, 1.54) is 0 Å². The number of carbonyl (C=O) groups is 1. The van der Waals surface area contributed by atoms with E-state index in [9.17, 15) is 4.79 Å². The molecule has 0 atom stereocenters. The van der Waals surface area contributed by atoms with E-state index in [1.54, 1.807) is 12.1 Å². The third-order valence-corrected chi connectivity index (χ3v) is 3.81. The van der Waals surface area contributed by atoms with Crippen LogP contribution in [0.3, 0.4) is 0 Å². The summed E-state index contributed by atoms with van der Waals surface area (Å²) in [5.74, 6) is -0.173. The van der Waals surface area contributed by atoms with Gasteiger partial charge in [0.25, 0.3) is 0 Å². The standard InChI is InChI=1S/C17H9N5O/c18-22-21-17-14-13(11-8-4-5-9-12(11)16(14)23)15(19-20-17)10-6-2-1-3-7-10/h1-9H. The van der Waals surface area contributed by atoms with Crippen LogP contribution in [0.25, 0.3) is 32.8 Å². The highest BCUT2D eigenvalue weighted by Gasteiger charge is 2.33. The molecule has 6 heteroatoms. The lowest BCUT2D eigenvalue weighted by Crippen LogP contribution is -1.99. The molecule has 0 saturated carbocycles. The maximum atomic E-state index is 12.7. The molecule has 0 bridgehead atoms. The first-order valence-electron chi connectivity index (χ1n) is 6.96. The van der Waals surface area contributed by atoms with Crippen LogP contribution < -0.4 is 0 Å². The lowest BCUT2D eigenvalue weighted by Gasteiger charge is -2.08. The molecule has 0 N–H and O–H groups in total. The molecular formula is C17H9N5O. The summed E-state index contributed by atoms with van der Waals surface area (Å²) in [4.78, 5) is 15.5. The average molecular weight is 299 g/mol. The smallest absolute Gasteiger partial charge is 0.196 e. The third-order valence-electron chi connectivity index (χ3n) is 3.81. The van der Waals surface area contributed by atoms with Crippen molar-refractivity contribution >= 4 is 11.6 Å². The van der Waals surface area contributed by atoms with Gasteiger partial charge in [0.15, 0.2) is 11.6 Å². The van der Waals surface area contributed by atoms with Gasteiger partial charge < -0.3 is 0 Å². The first kappa shape index (κ1) is 13.2. The van der Waals surface area contributed by atoms with Crippen LogP contribution in [0.4, 0.5) is 5.82 Å². The fourth-order valence-corrected chi connectivity index (χ4v) is 2.85. The van der Waals surface area contributed by atoms with Gasteiger partial charge in [-0.25, -0.2) is 0 Å². The predicted octanol–water partition coefficient (Wildman–Crippen LogP) is 4.30. The number of nitrogens with zero attached hydrogens (tertiary/aromatic N) is 5. The summed E-state index contributed by atoms with van der Waals surface area (Å²) >= 11 is 0. The van der Waals surface area contributed by atoms with E-state index in [0.717, 1.165) is 11.1 Å². The Morgan fingerprint density at radius 1 is 0.870 bits per heavy atom. The van der Waals surface area contributed by atoms with Gasteiger partial charge in [-0.05, 0) is 16.2 Å². The van der Waals surface area contributed by atoms with Gasteiger partial charge in [0.1, 0.15) is 5.69 Å². The zero-order valence-electron chi connectivity index (χ0n) is 11.8. The summed E-state index contributed by atoms with van der Waals surface area (Å²) in [7, 11) is 0. The topological polar surface area (TPSA) is 91.6 Å². The van der Waals surface area contributed by atoms with Gasteiger partial charge in [-0.3, -0.25) is 4.79 Å². The fourth-order valence-electron chi connectivity index (χ4n) is 2.85. The highest BCUT2D eigenvalue weighted by Crippen LogP contribution is 2.44. The van der Waals surface area contributed by atoms with Crippen LogP contribution in [0.5, 0.6) is 0 Å². The van der Waals surface area contributed by atoms with E-state index in [-0.39, 0.29) is 11.6 Å². The number of hydrogen-bond acceptors (Lipinski definition) is 4. The van der Waals surface area contributed by atoms with Crippen LogP contribution in [0, 0.1) is 0 Å². The molecule has 0 fully saturated rings. The van der Waals surface area contributed by atoms with E-state index in [2.05, 4.69) is 20.2 Å². The number of benzene rings is 2. The van der Waals surface area contributed by atoms with E-state index in [1.807, 2.05) is 42.5 Å². The molecule has 6 nitrogen and oxygen atoms in total. The van der Waals surface area contributed by atoms with Gasteiger partial charge >= 0.3 is 0 Å². The lowest BCUT2D eigenvalue weighted by molar-refractivity contribution is 0.104. The molecular weight excluding hydrogens is 290 g/mol. The van der Waals surface area contributed by atoms with Gasteiger partial charge in [0.05, 0.1) is 5.56 Å². The van der Waals surface area contributed by atoms with Crippen molar-refractivity contribution in [1.82, 2.24) is 10.2 Å². The molecule has 0 aliphatic heterocycles. The molecule has 1 aliphatic rings. The maximum absolute atomic E-state index is 12.7. The van der Waals surface area contributed by atoms with Crippen molar-refractivity contribution in [2.45, 2.75) is 0 Å². The minimum absolute atomic E-state index is 0.0170. The van der Waals surface area contributed by atoms with E-state index in [4.69, 9.17) is 5.53 Å². The summed E-state index contributed by atoms with van der Waals surface area (Å²) in [6.07, 6.45) is 0. The van der Waals surface area contributed by atoms with Crippen LogP contribution in [0.15, 0.2) is 59.7 Å². The molecule has 0 amide bonds. The molecule has 23 heavy (non-hydrogen) atoms. The van der Waals surface area contributed by atoms with Crippen molar-refractivity contribution in [3.8, 4) is 22.4 Å². The molecule has 0 spiro atoms. The summed E-state index contributed by atoms with van der Waals surface area (Å²) in [6, 6.07) is 16.8.